The van der Waals surface area contributed by atoms with Crippen molar-refractivity contribution in [3.63, 3.8) is 0 Å². The zero-order valence-corrected chi connectivity index (χ0v) is 18.2. The molecule has 1 aliphatic heterocycles. The second-order valence-electron chi connectivity index (χ2n) is 7.44. The first kappa shape index (κ1) is 22.0. The highest BCUT2D eigenvalue weighted by molar-refractivity contribution is 5.98. The molecule has 168 valence electrons. The van der Waals surface area contributed by atoms with Crippen LogP contribution in [0.3, 0.4) is 0 Å². The Labute approximate surface area is 190 Å². The van der Waals surface area contributed by atoms with Crippen molar-refractivity contribution in [2.24, 2.45) is 0 Å². The number of nitrogens with zero attached hydrogens (tertiary/aromatic N) is 2. The Morgan fingerprint density at radius 3 is 2.67 bits per heavy atom. The highest BCUT2D eigenvalue weighted by Crippen LogP contribution is 2.23. The summed E-state index contributed by atoms with van der Waals surface area (Å²) in [5.41, 5.74) is 1.28. The Morgan fingerprint density at radius 2 is 1.94 bits per heavy atom. The molecule has 8 nitrogen and oxygen atoms in total. The summed E-state index contributed by atoms with van der Waals surface area (Å²) < 4.78 is 12.1. The summed E-state index contributed by atoms with van der Waals surface area (Å²) in [6.45, 7) is 1.10. The Morgan fingerprint density at radius 1 is 1.12 bits per heavy atom. The number of fused-ring (bicyclic) bond motifs is 1. The summed E-state index contributed by atoms with van der Waals surface area (Å²) in [6.07, 6.45) is 1.84. The highest BCUT2D eigenvalue weighted by atomic mass is 16.5. The number of pyridine rings is 1. The van der Waals surface area contributed by atoms with Crippen LogP contribution in [0.2, 0.25) is 0 Å². The predicted octanol–water partition coefficient (Wildman–Crippen LogP) is 1.82. The van der Waals surface area contributed by atoms with Gasteiger partial charge in [-0.3, -0.25) is 14.4 Å². The van der Waals surface area contributed by atoms with Crippen LogP contribution >= 0.6 is 0 Å². The fourth-order valence-corrected chi connectivity index (χ4v) is 3.75. The quantitative estimate of drug-likeness (QED) is 0.619. The topological polar surface area (TPSA) is 93.8 Å². The largest absolute Gasteiger partial charge is 0.496 e. The number of amides is 2. The third kappa shape index (κ3) is 4.99. The van der Waals surface area contributed by atoms with Crippen molar-refractivity contribution in [2.75, 3.05) is 20.2 Å². The van der Waals surface area contributed by atoms with Crippen molar-refractivity contribution >= 4 is 11.8 Å². The van der Waals surface area contributed by atoms with Crippen LogP contribution in [0.15, 0.2) is 64.0 Å². The van der Waals surface area contributed by atoms with E-state index < -0.39 is 0 Å². The van der Waals surface area contributed by atoms with Gasteiger partial charge in [0.2, 0.25) is 0 Å². The van der Waals surface area contributed by atoms with Crippen molar-refractivity contribution in [3.05, 3.63) is 87.7 Å². The molecule has 2 amide bonds. The molecule has 0 spiro atoms. The fourth-order valence-electron chi connectivity index (χ4n) is 3.75. The van der Waals surface area contributed by atoms with Crippen LogP contribution in [0.1, 0.15) is 27.4 Å². The molecule has 0 saturated carbocycles. The first-order chi connectivity index (χ1) is 16.1. The van der Waals surface area contributed by atoms with Crippen molar-refractivity contribution in [2.45, 2.75) is 19.5 Å². The standard InChI is InChI=1S/C25H23N3O5/c1-32-21-16-23(30)28-14-13-27(22(29)10-9-18-6-3-2-4-7-18)12-11-20(28)24(21)25(31)26-17-19-8-5-15-33-19/h2-8,15-16H,11-14,17H2,1H3,(H,26,31). The van der Waals surface area contributed by atoms with Gasteiger partial charge in [0.15, 0.2) is 0 Å². The monoisotopic (exact) mass is 445 g/mol. The molecule has 0 saturated heterocycles. The third-order valence-electron chi connectivity index (χ3n) is 5.42. The molecular weight excluding hydrogens is 422 g/mol. The summed E-state index contributed by atoms with van der Waals surface area (Å²) in [6, 6.07) is 14.1. The number of nitrogens with one attached hydrogen (secondary N) is 1. The van der Waals surface area contributed by atoms with E-state index in [4.69, 9.17) is 9.15 Å². The minimum atomic E-state index is -0.379. The summed E-state index contributed by atoms with van der Waals surface area (Å²) in [5, 5.41) is 2.81. The molecule has 33 heavy (non-hydrogen) atoms. The summed E-state index contributed by atoms with van der Waals surface area (Å²) in [4.78, 5) is 40.0. The number of ether oxygens (including phenoxy) is 1. The lowest BCUT2D eigenvalue weighted by Crippen LogP contribution is -2.33. The van der Waals surface area contributed by atoms with E-state index in [0.717, 1.165) is 5.56 Å². The van der Waals surface area contributed by atoms with E-state index in [1.165, 1.54) is 24.0 Å². The smallest absolute Gasteiger partial charge is 0.298 e. The van der Waals surface area contributed by atoms with Crippen LogP contribution in [-0.4, -0.2) is 41.5 Å². The number of hydrogen-bond acceptors (Lipinski definition) is 5. The summed E-state index contributed by atoms with van der Waals surface area (Å²) in [7, 11) is 1.42. The summed E-state index contributed by atoms with van der Waals surface area (Å²) >= 11 is 0. The summed E-state index contributed by atoms with van der Waals surface area (Å²) in [5.74, 6) is 5.64. The van der Waals surface area contributed by atoms with Crippen LogP contribution in [0, 0.1) is 11.8 Å². The zero-order chi connectivity index (χ0) is 23.2. The lowest BCUT2D eigenvalue weighted by Gasteiger charge is -2.17. The maximum absolute atomic E-state index is 13.0. The first-order valence-corrected chi connectivity index (χ1v) is 10.5. The minimum Gasteiger partial charge on any atom is -0.496 e. The van der Waals surface area contributed by atoms with E-state index in [9.17, 15) is 14.4 Å². The van der Waals surface area contributed by atoms with E-state index in [0.29, 0.717) is 31.0 Å². The maximum atomic E-state index is 13.0. The molecular formula is C25H23N3O5. The van der Waals surface area contributed by atoms with Gasteiger partial charge in [0, 0.05) is 49.3 Å². The lowest BCUT2D eigenvalue weighted by atomic mass is 10.1. The van der Waals surface area contributed by atoms with Gasteiger partial charge < -0.3 is 23.9 Å². The zero-order valence-electron chi connectivity index (χ0n) is 18.2. The van der Waals surface area contributed by atoms with Crippen molar-refractivity contribution in [1.82, 2.24) is 14.8 Å². The van der Waals surface area contributed by atoms with Gasteiger partial charge in [-0.2, -0.15) is 0 Å². The number of rotatable bonds is 4. The molecule has 4 rings (SSSR count). The normalized spacial score (nSPS) is 12.7. The molecule has 3 aromatic rings. The van der Waals surface area contributed by atoms with Crippen molar-refractivity contribution in [1.29, 1.82) is 0 Å². The Balaban J connectivity index is 1.57. The van der Waals surface area contributed by atoms with Crippen molar-refractivity contribution < 1.29 is 18.7 Å². The van der Waals surface area contributed by atoms with Crippen LogP contribution in [0.25, 0.3) is 0 Å². The Kier molecular flexibility index (Phi) is 6.60. The van der Waals surface area contributed by atoms with Gasteiger partial charge in [-0.1, -0.05) is 24.1 Å². The Hall–Kier alpha value is -4.25. The van der Waals surface area contributed by atoms with E-state index in [2.05, 4.69) is 17.2 Å². The molecule has 0 atom stereocenters. The molecule has 0 bridgehead atoms. The van der Waals surface area contributed by atoms with E-state index >= 15 is 0 Å². The third-order valence-corrected chi connectivity index (χ3v) is 5.42. The molecule has 1 aliphatic rings. The van der Waals surface area contributed by atoms with Gasteiger partial charge in [0.1, 0.15) is 17.1 Å². The first-order valence-electron chi connectivity index (χ1n) is 10.5. The second kappa shape index (κ2) is 9.92. The molecule has 0 aliphatic carbocycles. The molecule has 0 fully saturated rings. The number of benzene rings is 1. The lowest BCUT2D eigenvalue weighted by molar-refractivity contribution is -0.125. The van der Waals surface area contributed by atoms with Crippen LogP contribution in [0.5, 0.6) is 5.75 Å². The molecule has 0 radical (unpaired) electrons. The van der Waals surface area contributed by atoms with Gasteiger partial charge in [-0.15, -0.1) is 0 Å². The van der Waals surface area contributed by atoms with Gasteiger partial charge in [0.05, 0.1) is 19.9 Å². The minimum absolute atomic E-state index is 0.201. The SMILES string of the molecule is COc1cc(=O)n2c(c1C(=O)NCc1ccco1)CCN(C(=O)C#Cc1ccccc1)CC2. The maximum Gasteiger partial charge on any atom is 0.298 e. The highest BCUT2D eigenvalue weighted by Gasteiger charge is 2.26. The van der Waals surface area contributed by atoms with E-state index in [-0.39, 0.29) is 41.8 Å². The van der Waals surface area contributed by atoms with Crippen molar-refractivity contribution in [3.8, 4) is 17.6 Å². The molecule has 0 unspecified atom stereocenters. The predicted molar refractivity (Wildman–Crippen MR) is 121 cm³/mol. The number of furan rings is 1. The van der Waals surface area contributed by atoms with Crippen LogP contribution in [-0.2, 0) is 24.3 Å². The number of hydrogen-bond donors (Lipinski definition) is 1. The number of carbonyl (C=O) groups excluding carboxylic acids is 2. The fraction of sp³-hybridized carbons (Fsp3) is 0.240. The molecule has 2 aromatic heterocycles. The van der Waals surface area contributed by atoms with E-state index in [1.807, 2.05) is 30.3 Å². The van der Waals surface area contributed by atoms with Gasteiger partial charge >= 0.3 is 0 Å². The molecule has 1 aromatic carbocycles. The number of aromatic nitrogens is 1. The van der Waals surface area contributed by atoms with Gasteiger partial charge in [-0.05, 0) is 24.3 Å². The number of methoxy groups -OCH3 is 1. The number of carbonyl (C=O) groups is 2. The molecule has 1 N–H and O–H groups in total. The van der Waals surface area contributed by atoms with Gasteiger partial charge in [-0.25, -0.2) is 0 Å². The molecule has 3 heterocycles. The van der Waals surface area contributed by atoms with Crippen LogP contribution in [0.4, 0.5) is 0 Å². The van der Waals surface area contributed by atoms with E-state index in [1.54, 1.807) is 17.0 Å². The van der Waals surface area contributed by atoms with Gasteiger partial charge in [0.25, 0.3) is 17.4 Å². The second-order valence-corrected chi connectivity index (χ2v) is 7.44. The average molecular weight is 445 g/mol. The molecule has 8 heteroatoms. The average Bonchev–Trinajstić information content (AvgIpc) is 3.26. The van der Waals surface area contributed by atoms with Crippen LogP contribution < -0.4 is 15.6 Å². The Bertz CT molecular complexity index is 1270.